The molecule has 2 nitrogen and oxygen atoms in total. The summed E-state index contributed by atoms with van der Waals surface area (Å²) in [5, 5.41) is 0. The van der Waals surface area contributed by atoms with Gasteiger partial charge in [-0.15, -0.1) is 0 Å². The molecular formula is C9H10FIO2. The van der Waals surface area contributed by atoms with Crippen molar-refractivity contribution in [3.05, 3.63) is 33.9 Å². The monoisotopic (exact) mass is 296 g/mol. The Kier molecular flexibility index (Phi) is 7.57. The third-order valence-electron chi connectivity index (χ3n) is 1.07. The summed E-state index contributed by atoms with van der Waals surface area (Å²) in [6.45, 7) is -1.03. The summed E-state index contributed by atoms with van der Waals surface area (Å²) >= 11 is 2.28. The summed E-state index contributed by atoms with van der Waals surface area (Å²) in [6.07, 6.45) is 0. The zero-order chi connectivity index (χ0) is 10.1. The largest absolute Gasteiger partial charge is 0.467 e. The molecule has 0 aliphatic rings. The van der Waals surface area contributed by atoms with Gasteiger partial charge in [0.2, 0.25) is 0 Å². The van der Waals surface area contributed by atoms with Crippen LogP contribution in [0.3, 0.4) is 0 Å². The first-order valence-electron chi connectivity index (χ1n) is 3.54. The Morgan fingerprint density at radius 2 is 2.00 bits per heavy atom. The highest BCUT2D eigenvalue weighted by Gasteiger charge is 1.91. The van der Waals surface area contributed by atoms with Crippen LogP contribution in [0.15, 0.2) is 30.3 Å². The molecule has 0 saturated carbocycles. The van der Waals surface area contributed by atoms with Crippen molar-refractivity contribution in [1.82, 2.24) is 0 Å². The lowest BCUT2D eigenvalue weighted by Gasteiger charge is -1.85. The first-order chi connectivity index (χ1) is 6.20. The minimum atomic E-state index is -1.03. The van der Waals surface area contributed by atoms with Crippen LogP contribution in [0.2, 0.25) is 0 Å². The average molecular weight is 296 g/mol. The zero-order valence-electron chi connectivity index (χ0n) is 7.17. The van der Waals surface area contributed by atoms with Gasteiger partial charge in [0.25, 0.3) is 0 Å². The third-order valence-corrected chi connectivity index (χ3v) is 1.79. The number of hydrogen-bond donors (Lipinski definition) is 0. The van der Waals surface area contributed by atoms with Crippen molar-refractivity contribution in [2.75, 3.05) is 13.8 Å². The van der Waals surface area contributed by atoms with Gasteiger partial charge in [0, 0.05) is 3.57 Å². The highest BCUT2D eigenvalue weighted by molar-refractivity contribution is 14.1. The lowest BCUT2D eigenvalue weighted by atomic mass is 10.4. The van der Waals surface area contributed by atoms with E-state index in [9.17, 15) is 9.18 Å². The van der Waals surface area contributed by atoms with Crippen LogP contribution >= 0.6 is 22.6 Å². The number of rotatable bonds is 1. The van der Waals surface area contributed by atoms with E-state index in [1.165, 1.54) is 3.57 Å². The Morgan fingerprint density at radius 3 is 2.15 bits per heavy atom. The van der Waals surface area contributed by atoms with Crippen molar-refractivity contribution >= 4 is 28.6 Å². The van der Waals surface area contributed by atoms with Gasteiger partial charge < -0.3 is 4.74 Å². The van der Waals surface area contributed by atoms with E-state index in [1.54, 1.807) is 0 Å². The molecule has 0 bridgehead atoms. The van der Waals surface area contributed by atoms with Gasteiger partial charge in [-0.05, 0) is 34.7 Å². The van der Waals surface area contributed by atoms with Crippen LogP contribution in [0.25, 0.3) is 0 Å². The van der Waals surface area contributed by atoms with E-state index in [0.29, 0.717) is 0 Å². The van der Waals surface area contributed by atoms with E-state index in [-0.39, 0.29) is 0 Å². The molecule has 0 saturated heterocycles. The van der Waals surface area contributed by atoms with Gasteiger partial charge in [-0.1, -0.05) is 18.2 Å². The fourth-order valence-electron chi connectivity index (χ4n) is 0.469. The van der Waals surface area contributed by atoms with Crippen molar-refractivity contribution in [2.45, 2.75) is 0 Å². The van der Waals surface area contributed by atoms with Crippen LogP contribution in [0.4, 0.5) is 4.39 Å². The van der Waals surface area contributed by atoms with Crippen LogP contribution in [0.1, 0.15) is 0 Å². The SMILES string of the molecule is COC(=O)CF.Ic1ccccc1. The molecule has 0 aliphatic heterocycles. The number of esters is 1. The summed E-state index contributed by atoms with van der Waals surface area (Å²) in [5.41, 5.74) is 0. The molecule has 0 radical (unpaired) electrons. The summed E-state index contributed by atoms with van der Waals surface area (Å²) < 4.78 is 16.1. The molecular weight excluding hydrogens is 286 g/mol. The van der Waals surface area contributed by atoms with E-state index in [2.05, 4.69) is 39.5 Å². The highest BCUT2D eigenvalue weighted by atomic mass is 127. The molecule has 72 valence electrons. The molecule has 0 aromatic heterocycles. The molecule has 0 spiro atoms. The van der Waals surface area contributed by atoms with E-state index < -0.39 is 12.6 Å². The fraction of sp³-hybridized carbons (Fsp3) is 0.222. The summed E-state index contributed by atoms with van der Waals surface area (Å²) in [6, 6.07) is 10.2. The van der Waals surface area contributed by atoms with Crippen molar-refractivity contribution in [3.8, 4) is 0 Å². The smallest absolute Gasteiger partial charge is 0.337 e. The van der Waals surface area contributed by atoms with E-state index in [0.717, 1.165) is 7.11 Å². The van der Waals surface area contributed by atoms with Gasteiger partial charge in [-0.2, -0.15) is 0 Å². The number of halogens is 2. The van der Waals surface area contributed by atoms with E-state index >= 15 is 0 Å². The van der Waals surface area contributed by atoms with Gasteiger partial charge in [0.1, 0.15) is 0 Å². The Balaban J connectivity index is 0.000000226. The van der Waals surface area contributed by atoms with Crippen molar-refractivity contribution in [3.63, 3.8) is 0 Å². The zero-order valence-corrected chi connectivity index (χ0v) is 9.32. The number of hydrogen-bond acceptors (Lipinski definition) is 2. The number of alkyl halides is 1. The standard InChI is InChI=1S/C6H5I.C3H5FO2/c7-6-4-2-1-3-5-6;1-6-3(5)2-4/h1-5H;2H2,1H3. The van der Waals surface area contributed by atoms with Crippen molar-refractivity contribution in [1.29, 1.82) is 0 Å². The maximum absolute atomic E-state index is 10.9. The molecule has 0 atom stereocenters. The van der Waals surface area contributed by atoms with Crippen LogP contribution in [0.5, 0.6) is 0 Å². The van der Waals surface area contributed by atoms with Gasteiger partial charge in [-0.25, -0.2) is 9.18 Å². The molecule has 0 amide bonds. The normalized spacial score (nSPS) is 8.23. The number of ether oxygens (including phenoxy) is 1. The average Bonchev–Trinajstić information content (AvgIpc) is 2.19. The quantitative estimate of drug-likeness (QED) is 0.587. The molecule has 13 heavy (non-hydrogen) atoms. The minimum absolute atomic E-state index is 0.824. The van der Waals surface area contributed by atoms with E-state index in [1.807, 2.05) is 18.2 Å². The molecule has 4 heteroatoms. The second kappa shape index (κ2) is 7.97. The molecule has 1 aromatic carbocycles. The summed E-state index contributed by atoms with van der Waals surface area (Å²) in [7, 11) is 1.14. The summed E-state index contributed by atoms with van der Waals surface area (Å²) in [4.78, 5) is 9.58. The van der Waals surface area contributed by atoms with E-state index in [4.69, 9.17) is 0 Å². The second-order valence-electron chi connectivity index (χ2n) is 2.01. The summed E-state index contributed by atoms with van der Waals surface area (Å²) in [5.74, 6) is -0.824. The maximum atomic E-state index is 10.9. The van der Waals surface area contributed by atoms with Crippen LogP contribution in [0, 0.1) is 3.57 Å². The first-order valence-corrected chi connectivity index (χ1v) is 4.62. The number of carbonyl (C=O) groups excluding carboxylic acids is 1. The first kappa shape index (κ1) is 12.3. The molecule has 1 aromatic rings. The van der Waals surface area contributed by atoms with Crippen molar-refractivity contribution in [2.24, 2.45) is 0 Å². The van der Waals surface area contributed by atoms with Crippen LogP contribution < -0.4 is 0 Å². The second-order valence-corrected chi connectivity index (χ2v) is 3.25. The third kappa shape index (κ3) is 7.70. The molecule has 1 rings (SSSR count). The van der Waals surface area contributed by atoms with Gasteiger partial charge in [-0.3, -0.25) is 0 Å². The Hall–Kier alpha value is -0.650. The highest BCUT2D eigenvalue weighted by Crippen LogP contribution is 1.99. The topological polar surface area (TPSA) is 26.3 Å². The van der Waals surface area contributed by atoms with Gasteiger partial charge >= 0.3 is 5.97 Å². The molecule has 0 fully saturated rings. The van der Waals surface area contributed by atoms with Crippen LogP contribution in [-0.2, 0) is 9.53 Å². The van der Waals surface area contributed by atoms with Gasteiger partial charge in [0.05, 0.1) is 7.11 Å². The molecule has 0 N–H and O–H groups in total. The maximum Gasteiger partial charge on any atom is 0.337 e. The Bertz CT molecular complexity index is 233. The van der Waals surface area contributed by atoms with Crippen LogP contribution in [-0.4, -0.2) is 19.8 Å². The predicted octanol–water partition coefficient (Wildman–Crippen LogP) is 2.42. The Labute approximate surface area is 90.2 Å². The fourth-order valence-corrected chi connectivity index (χ4v) is 0.884. The van der Waals surface area contributed by atoms with Gasteiger partial charge in [0.15, 0.2) is 6.67 Å². The van der Waals surface area contributed by atoms with Crippen molar-refractivity contribution < 1.29 is 13.9 Å². The molecule has 0 heterocycles. The number of methoxy groups -OCH3 is 1. The predicted molar refractivity (Wildman–Crippen MR) is 57.2 cm³/mol. The lowest BCUT2D eigenvalue weighted by Crippen LogP contribution is -2.00. The minimum Gasteiger partial charge on any atom is -0.467 e. The Morgan fingerprint density at radius 1 is 1.46 bits per heavy atom. The molecule has 0 unspecified atom stereocenters. The lowest BCUT2D eigenvalue weighted by molar-refractivity contribution is -0.141. The number of benzene rings is 1. The molecule has 0 aliphatic carbocycles. The number of carbonyl (C=O) groups is 1.